The van der Waals surface area contributed by atoms with Crippen molar-refractivity contribution in [3.63, 3.8) is 0 Å². The maximum Gasteiger partial charge on any atom is 0.517 e. The highest BCUT2D eigenvalue weighted by Gasteiger charge is 2.49. The van der Waals surface area contributed by atoms with Crippen LogP contribution in [0.3, 0.4) is 0 Å². The Labute approximate surface area is 194 Å². The maximum absolute atomic E-state index is 13.6. The Balaban J connectivity index is 1.97. The molecule has 0 N–H and O–H groups in total. The fourth-order valence-corrected chi connectivity index (χ4v) is 5.15. The molecule has 34 heavy (non-hydrogen) atoms. The van der Waals surface area contributed by atoms with Crippen molar-refractivity contribution in [3.05, 3.63) is 65.4 Å². The van der Waals surface area contributed by atoms with E-state index in [0.717, 1.165) is 11.1 Å². The van der Waals surface area contributed by atoms with E-state index in [1.54, 1.807) is 43.3 Å². The molecule has 0 saturated carbocycles. The second-order valence-electron chi connectivity index (χ2n) is 7.92. The van der Waals surface area contributed by atoms with Gasteiger partial charge in [-0.15, -0.1) is 0 Å². The monoisotopic (exact) mass is 487 g/mol. The van der Waals surface area contributed by atoms with Gasteiger partial charge in [-0.25, -0.2) is 3.97 Å². The number of fused-ring (bicyclic) bond motifs is 1. The second kappa shape index (κ2) is 8.42. The van der Waals surface area contributed by atoms with Crippen molar-refractivity contribution in [2.24, 2.45) is 4.99 Å². The third-order valence-corrected chi connectivity index (χ3v) is 7.21. The summed E-state index contributed by atoms with van der Waals surface area (Å²) in [7, 11) is -4.25. The van der Waals surface area contributed by atoms with Gasteiger partial charge in [-0.2, -0.15) is 26.9 Å². The molecule has 0 aliphatic carbocycles. The number of aryl methyl sites for hydroxylation is 1. The molecule has 0 unspecified atom stereocenters. The minimum Gasteiger partial charge on any atom is -0.359 e. The number of dihydropyridines is 1. The number of benzene rings is 2. The predicted molar refractivity (Wildman–Crippen MR) is 124 cm³/mol. The third kappa shape index (κ3) is 3.91. The largest absolute Gasteiger partial charge is 0.517 e. The van der Waals surface area contributed by atoms with E-state index in [9.17, 15) is 21.6 Å². The Morgan fingerprint density at radius 3 is 2.47 bits per heavy atom. The number of nitriles is 1. The lowest BCUT2D eigenvalue weighted by Crippen LogP contribution is -2.31. The summed E-state index contributed by atoms with van der Waals surface area (Å²) in [6, 6.07) is 13.2. The molecule has 0 radical (unpaired) electrons. The van der Waals surface area contributed by atoms with Crippen molar-refractivity contribution in [1.29, 1.82) is 5.26 Å². The molecule has 0 fully saturated rings. The minimum absolute atomic E-state index is 0.0926. The molecular formula is C24H20F3N3O3S. The molecule has 10 heteroatoms. The lowest BCUT2D eigenvalue weighted by atomic mass is 9.97. The Morgan fingerprint density at radius 1 is 1.15 bits per heavy atom. The minimum atomic E-state index is -5.72. The average Bonchev–Trinajstić information content (AvgIpc) is 3.17. The fourth-order valence-electron chi connectivity index (χ4n) is 4.11. The molecule has 1 aliphatic heterocycles. The van der Waals surface area contributed by atoms with E-state index in [2.05, 4.69) is 11.1 Å². The number of nitrogens with zero attached hydrogens (tertiary/aromatic N) is 3. The summed E-state index contributed by atoms with van der Waals surface area (Å²) in [5.41, 5.74) is -2.26. The lowest BCUT2D eigenvalue weighted by molar-refractivity contribution is -0.0445. The van der Waals surface area contributed by atoms with Crippen LogP contribution in [-0.4, -0.2) is 36.9 Å². The van der Waals surface area contributed by atoms with Gasteiger partial charge in [0.15, 0.2) is 6.23 Å². The van der Waals surface area contributed by atoms with Gasteiger partial charge < -0.3 is 4.74 Å². The van der Waals surface area contributed by atoms with Gasteiger partial charge in [0.1, 0.15) is 0 Å². The van der Waals surface area contributed by atoms with Crippen LogP contribution in [-0.2, 0) is 14.8 Å². The number of rotatable bonds is 4. The highest BCUT2D eigenvalue weighted by Crippen LogP contribution is 2.37. The van der Waals surface area contributed by atoms with Crippen molar-refractivity contribution in [1.82, 2.24) is 3.97 Å². The van der Waals surface area contributed by atoms with Crippen molar-refractivity contribution in [3.8, 4) is 17.2 Å². The zero-order valence-electron chi connectivity index (χ0n) is 18.5. The zero-order chi connectivity index (χ0) is 24.8. The van der Waals surface area contributed by atoms with E-state index in [1.807, 2.05) is 6.92 Å². The Bertz CT molecular complexity index is 1510. The number of alkyl halides is 3. The molecule has 6 nitrogen and oxygen atoms in total. The summed E-state index contributed by atoms with van der Waals surface area (Å²) in [4.78, 5) is 4.32. The van der Waals surface area contributed by atoms with Crippen LogP contribution < -0.4 is 0 Å². The van der Waals surface area contributed by atoms with Crippen LogP contribution in [0.2, 0.25) is 0 Å². The molecule has 176 valence electrons. The number of aliphatic imine (C=N–C) groups is 1. The Hall–Kier alpha value is -3.42. The standard InChI is InChI=1S/C24H20F3N3O3S/c1-14-10-16(13-28)4-6-19(14)17-5-8-21-18(11-17)12-22(30(21)34(31,32)24(25,26)27)20-7-9-23(33-3)29-15(20)2/h4-8,10-12,23H,9H2,1-3H3/t23-/m1/s1. The van der Waals surface area contributed by atoms with E-state index in [-0.39, 0.29) is 11.2 Å². The number of allylic oxidation sites excluding steroid dienone is 1. The number of methoxy groups -OCH3 is 1. The third-order valence-electron chi connectivity index (χ3n) is 5.76. The van der Waals surface area contributed by atoms with Crippen molar-refractivity contribution in [2.45, 2.75) is 32.0 Å². The first-order valence-electron chi connectivity index (χ1n) is 10.2. The number of hydrogen-bond donors (Lipinski definition) is 0. The molecule has 1 aliphatic rings. The molecule has 2 aromatic carbocycles. The fraction of sp³-hybridized carbons (Fsp3) is 0.250. The molecule has 1 atom stereocenters. The van der Waals surface area contributed by atoms with Gasteiger partial charge in [0.2, 0.25) is 0 Å². The van der Waals surface area contributed by atoms with Gasteiger partial charge in [0, 0.05) is 30.2 Å². The molecule has 0 amide bonds. The molecule has 1 aromatic heterocycles. The second-order valence-corrected chi connectivity index (χ2v) is 9.70. The molecule has 3 aromatic rings. The van der Waals surface area contributed by atoms with Gasteiger partial charge in [0.25, 0.3) is 0 Å². The maximum atomic E-state index is 13.6. The highest BCUT2D eigenvalue weighted by molar-refractivity contribution is 7.91. The number of hydrogen-bond acceptors (Lipinski definition) is 5. The van der Waals surface area contributed by atoms with Crippen LogP contribution in [0, 0.1) is 18.3 Å². The van der Waals surface area contributed by atoms with Gasteiger partial charge in [-0.1, -0.05) is 18.2 Å². The first-order valence-corrected chi connectivity index (χ1v) is 11.7. The van der Waals surface area contributed by atoms with Gasteiger partial charge in [0.05, 0.1) is 22.8 Å². The van der Waals surface area contributed by atoms with E-state index in [0.29, 0.717) is 38.2 Å². The lowest BCUT2D eigenvalue weighted by Gasteiger charge is -2.20. The summed E-state index contributed by atoms with van der Waals surface area (Å²) in [5, 5.41) is 9.42. The summed E-state index contributed by atoms with van der Waals surface area (Å²) in [6.07, 6.45) is 1.46. The molecule has 4 rings (SSSR count). The summed E-state index contributed by atoms with van der Waals surface area (Å²) >= 11 is 0. The van der Waals surface area contributed by atoms with Crippen molar-refractivity contribution in [2.75, 3.05) is 7.11 Å². The van der Waals surface area contributed by atoms with E-state index < -0.39 is 21.8 Å². The molecule has 0 bridgehead atoms. The smallest absolute Gasteiger partial charge is 0.359 e. The average molecular weight is 488 g/mol. The topological polar surface area (TPSA) is 84.5 Å². The predicted octanol–water partition coefficient (Wildman–Crippen LogP) is 5.41. The number of aromatic nitrogens is 1. The zero-order valence-corrected chi connectivity index (χ0v) is 19.3. The van der Waals surface area contributed by atoms with Crippen LogP contribution in [0.15, 0.2) is 53.5 Å². The van der Waals surface area contributed by atoms with Crippen LogP contribution in [0.5, 0.6) is 0 Å². The molecular weight excluding hydrogens is 467 g/mol. The molecule has 0 saturated heterocycles. The Kier molecular flexibility index (Phi) is 5.87. The van der Waals surface area contributed by atoms with Crippen LogP contribution in [0.1, 0.15) is 30.2 Å². The summed E-state index contributed by atoms with van der Waals surface area (Å²) in [5.74, 6) is 0. The quantitative estimate of drug-likeness (QED) is 0.493. The SMILES string of the molecule is CO[C@@H]1CC=C(c2cc3cc(-c4ccc(C#N)cc4C)ccc3n2S(=O)(=O)C(F)(F)F)C(C)=N1. The summed E-state index contributed by atoms with van der Waals surface area (Å²) < 4.78 is 71.7. The Morgan fingerprint density at radius 2 is 1.88 bits per heavy atom. The van der Waals surface area contributed by atoms with Crippen LogP contribution in [0.4, 0.5) is 13.2 Å². The number of halogens is 3. The molecule has 2 heterocycles. The first-order chi connectivity index (χ1) is 16.0. The first kappa shape index (κ1) is 23.7. The van der Waals surface area contributed by atoms with Crippen molar-refractivity contribution >= 4 is 32.2 Å². The van der Waals surface area contributed by atoms with Gasteiger partial charge in [-0.3, -0.25) is 4.99 Å². The van der Waals surface area contributed by atoms with Crippen LogP contribution in [0.25, 0.3) is 27.6 Å². The van der Waals surface area contributed by atoms with E-state index in [4.69, 9.17) is 10.00 Å². The number of ether oxygens (including phenoxy) is 1. The van der Waals surface area contributed by atoms with Gasteiger partial charge in [-0.05, 0) is 60.9 Å². The van der Waals surface area contributed by atoms with Crippen molar-refractivity contribution < 1.29 is 26.3 Å². The highest BCUT2D eigenvalue weighted by atomic mass is 32.2. The van der Waals surface area contributed by atoms with E-state index >= 15 is 0 Å². The van der Waals surface area contributed by atoms with Crippen LogP contribution >= 0.6 is 0 Å². The summed E-state index contributed by atoms with van der Waals surface area (Å²) in [6.45, 7) is 3.43. The normalized spacial score (nSPS) is 16.8. The molecule has 0 spiro atoms. The van der Waals surface area contributed by atoms with E-state index in [1.165, 1.54) is 19.2 Å². The van der Waals surface area contributed by atoms with Gasteiger partial charge >= 0.3 is 15.5 Å².